The highest BCUT2D eigenvalue weighted by Gasteiger charge is 2.37. The summed E-state index contributed by atoms with van der Waals surface area (Å²) in [5, 5.41) is 26.2. The lowest BCUT2D eigenvalue weighted by Crippen LogP contribution is -2.59. The van der Waals surface area contributed by atoms with Gasteiger partial charge >= 0.3 is 0 Å². The van der Waals surface area contributed by atoms with E-state index in [9.17, 15) is 9.90 Å². The number of hydrazine groups is 1. The minimum Gasteiger partial charge on any atom is -0.395 e. The number of piperidine rings is 1. The molecule has 3 heterocycles. The summed E-state index contributed by atoms with van der Waals surface area (Å²) in [7, 11) is 0. The van der Waals surface area contributed by atoms with Crippen molar-refractivity contribution in [3.8, 4) is 0 Å². The number of aliphatic hydroxyl groups is 1. The van der Waals surface area contributed by atoms with Crippen LogP contribution in [0.1, 0.15) is 23.2 Å². The number of hydrogen-bond donors (Lipinski definition) is 8. The molecule has 1 aromatic carbocycles. The average molecular weight is 481 g/mol. The molecule has 10 nitrogen and oxygen atoms in total. The zero-order valence-corrected chi connectivity index (χ0v) is 19.7. The standard InChI is InChI=1S/C22H37ClN8O2/c23-18-12-24-6-4-16(18)11-27-22(33)15-2-1-3-17(10-15)26-13-20-29-30-21(31(20)8-9-32)19-5-7-25-14-28-19/h1-3,10,16,18-21,24-26,28-30,32H,4-9,11-14H2,(H,27,33). The molecule has 3 fully saturated rings. The molecular formula is C22H37ClN8O2. The molecule has 1 aromatic rings. The molecule has 5 atom stereocenters. The van der Waals surface area contributed by atoms with Crippen LogP contribution in [0.2, 0.25) is 0 Å². The Morgan fingerprint density at radius 2 is 2.06 bits per heavy atom. The molecule has 0 radical (unpaired) electrons. The monoisotopic (exact) mass is 480 g/mol. The molecule has 11 heteroatoms. The van der Waals surface area contributed by atoms with Crippen LogP contribution in [-0.4, -0.2) is 92.2 Å². The first-order valence-corrected chi connectivity index (χ1v) is 12.4. The minimum absolute atomic E-state index is 0.0110. The first-order valence-electron chi connectivity index (χ1n) is 11.9. The number of nitrogens with zero attached hydrogens (tertiary/aromatic N) is 1. The molecule has 8 N–H and O–H groups in total. The maximum absolute atomic E-state index is 12.7. The van der Waals surface area contributed by atoms with Gasteiger partial charge in [0.15, 0.2) is 0 Å². The predicted molar refractivity (Wildman–Crippen MR) is 130 cm³/mol. The van der Waals surface area contributed by atoms with E-state index in [2.05, 4.69) is 42.3 Å². The van der Waals surface area contributed by atoms with Crippen molar-refractivity contribution in [3.05, 3.63) is 29.8 Å². The summed E-state index contributed by atoms with van der Waals surface area (Å²) < 4.78 is 0. The highest BCUT2D eigenvalue weighted by molar-refractivity contribution is 6.21. The van der Waals surface area contributed by atoms with Gasteiger partial charge in [-0.2, -0.15) is 0 Å². The van der Waals surface area contributed by atoms with Crippen molar-refractivity contribution in [3.63, 3.8) is 0 Å². The lowest BCUT2D eigenvalue weighted by Gasteiger charge is -2.35. The number of hydrogen-bond acceptors (Lipinski definition) is 9. The number of nitrogens with one attached hydrogen (secondary N) is 7. The largest absolute Gasteiger partial charge is 0.395 e. The van der Waals surface area contributed by atoms with E-state index in [-0.39, 0.29) is 30.2 Å². The van der Waals surface area contributed by atoms with Crippen molar-refractivity contribution in [1.29, 1.82) is 0 Å². The molecule has 3 aliphatic heterocycles. The molecule has 3 saturated heterocycles. The second-order valence-electron chi connectivity index (χ2n) is 8.93. The van der Waals surface area contributed by atoms with Crippen LogP contribution >= 0.6 is 11.6 Å². The van der Waals surface area contributed by atoms with E-state index in [1.807, 2.05) is 24.3 Å². The smallest absolute Gasteiger partial charge is 0.251 e. The molecule has 0 aliphatic carbocycles. The van der Waals surface area contributed by atoms with E-state index in [4.69, 9.17) is 11.6 Å². The number of β-amino-alcohol motifs (C(OH)–C–C–N with tert-alkyl or cyclic N) is 1. The van der Waals surface area contributed by atoms with Crippen LogP contribution in [-0.2, 0) is 0 Å². The van der Waals surface area contributed by atoms with Gasteiger partial charge in [-0.25, -0.2) is 10.9 Å². The van der Waals surface area contributed by atoms with Crippen LogP contribution < -0.4 is 37.4 Å². The molecule has 3 aliphatic rings. The Bertz CT molecular complexity index is 766. The van der Waals surface area contributed by atoms with Crippen molar-refractivity contribution in [2.75, 3.05) is 57.9 Å². The van der Waals surface area contributed by atoms with Crippen LogP contribution in [0, 0.1) is 5.92 Å². The summed E-state index contributed by atoms with van der Waals surface area (Å²) in [6, 6.07) is 7.85. The molecular weight excluding hydrogens is 444 g/mol. The van der Waals surface area contributed by atoms with Gasteiger partial charge in [0.05, 0.1) is 24.3 Å². The van der Waals surface area contributed by atoms with Gasteiger partial charge in [0.1, 0.15) is 0 Å². The van der Waals surface area contributed by atoms with Crippen molar-refractivity contribution < 1.29 is 9.90 Å². The van der Waals surface area contributed by atoms with Crippen molar-refractivity contribution in [2.45, 2.75) is 36.6 Å². The van der Waals surface area contributed by atoms with Gasteiger partial charge in [0.25, 0.3) is 5.91 Å². The molecule has 4 rings (SSSR count). The Labute approximate surface area is 200 Å². The van der Waals surface area contributed by atoms with Crippen molar-refractivity contribution in [2.24, 2.45) is 5.92 Å². The van der Waals surface area contributed by atoms with E-state index in [1.165, 1.54) is 0 Å². The Morgan fingerprint density at radius 3 is 2.85 bits per heavy atom. The van der Waals surface area contributed by atoms with Crippen LogP contribution in [0.4, 0.5) is 5.69 Å². The summed E-state index contributed by atoms with van der Waals surface area (Å²) in [6.07, 6.45) is 2.10. The molecule has 0 bridgehead atoms. The molecule has 5 unspecified atom stereocenters. The maximum Gasteiger partial charge on any atom is 0.251 e. The molecule has 33 heavy (non-hydrogen) atoms. The fourth-order valence-electron chi connectivity index (χ4n) is 4.79. The summed E-state index contributed by atoms with van der Waals surface area (Å²) >= 11 is 6.37. The number of anilines is 1. The van der Waals surface area contributed by atoms with Gasteiger partial charge in [-0.15, -0.1) is 11.6 Å². The van der Waals surface area contributed by atoms with Gasteiger partial charge in [-0.3, -0.25) is 15.0 Å². The molecule has 184 valence electrons. The highest BCUT2D eigenvalue weighted by Crippen LogP contribution is 2.18. The number of carbonyl (C=O) groups excluding carboxylic acids is 1. The maximum atomic E-state index is 12.7. The fraction of sp³-hybridized carbons (Fsp3) is 0.682. The first kappa shape index (κ1) is 24.6. The third-order valence-corrected chi connectivity index (χ3v) is 7.22. The summed E-state index contributed by atoms with van der Waals surface area (Å²) in [4.78, 5) is 14.9. The van der Waals surface area contributed by atoms with Crippen molar-refractivity contribution in [1.82, 2.24) is 37.0 Å². The van der Waals surface area contributed by atoms with Crippen LogP contribution in [0.25, 0.3) is 0 Å². The third kappa shape index (κ3) is 6.55. The zero-order valence-electron chi connectivity index (χ0n) is 18.9. The topological polar surface area (TPSA) is 125 Å². The fourth-order valence-corrected chi connectivity index (χ4v) is 5.11. The Hall–Kier alpha value is -1.50. The number of carbonyl (C=O) groups is 1. The minimum atomic E-state index is -0.0827. The normalized spacial score (nSPS) is 30.8. The van der Waals surface area contributed by atoms with Gasteiger partial charge < -0.3 is 26.4 Å². The lowest BCUT2D eigenvalue weighted by molar-refractivity contribution is 0.0944. The summed E-state index contributed by atoms with van der Waals surface area (Å²) in [6.45, 7) is 5.37. The lowest BCUT2D eigenvalue weighted by atomic mass is 9.97. The van der Waals surface area contributed by atoms with Gasteiger partial charge in [0.2, 0.25) is 0 Å². The molecule has 0 saturated carbocycles. The second kappa shape index (κ2) is 12.3. The Kier molecular flexibility index (Phi) is 9.16. The number of benzene rings is 1. The molecule has 0 aromatic heterocycles. The number of rotatable bonds is 9. The van der Waals surface area contributed by atoms with E-state index in [1.54, 1.807) is 0 Å². The van der Waals surface area contributed by atoms with Crippen molar-refractivity contribution >= 4 is 23.2 Å². The molecule has 0 spiro atoms. The van der Waals surface area contributed by atoms with Crippen LogP contribution in [0.15, 0.2) is 24.3 Å². The zero-order chi connectivity index (χ0) is 23.0. The number of amides is 1. The SMILES string of the molecule is O=C(NCC1CCNCC1Cl)c1cccc(NCC2NNC(C3CCNCN3)N2CCO)c1. The van der Waals surface area contributed by atoms with Gasteiger partial charge in [-0.05, 0) is 50.0 Å². The Balaban J connectivity index is 1.30. The first-order chi connectivity index (χ1) is 16.2. The van der Waals surface area contributed by atoms with Crippen LogP contribution in [0.5, 0.6) is 0 Å². The number of halogens is 1. The molecule has 1 amide bonds. The highest BCUT2D eigenvalue weighted by atomic mass is 35.5. The van der Waals surface area contributed by atoms with E-state index < -0.39 is 0 Å². The quantitative estimate of drug-likeness (QED) is 0.210. The predicted octanol–water partition coefficient (Wildman–Crippen LogP) is -0.991. The van der Waals surface area contributed by atoms with E-state index in [0.29, 0.717) is 37.2 Å². The summed E-state index contributed by atoms with van der Waals surface area (Å²) in [5.41, 5.74) is 8.25. The van der Waals surface area contributed by atoms with Crippen LogP contribution in [0.3, 0.4) is 0 Å². The van der Waals surface area contributed by atoms with Gasteiger partial charge in [-0.1, -0.05) is 6.07 Å². The number of aliphatic hydroxyl groups excluding tert-OH is 1. The Morgan fingerprint density at radius 1 is 1.18 bits per heavy atom. The van der Waals surface area contributed by atoms with E-state index >= 15 is 0 Å². The van der Waals surface area contributed by atoms with Gasteiger partial charge in [0, 0.05) is 50.1 Å². The summed E-state index contributed by atoms with van der Waals surface area (Å²) in [5.74, 6) is 0.208. The number of alkyl halides is 1. The third-order valence-electron chi connectivity index (χ3n) is 6.71. The van der Waals surface area contributed by atoms with E-state index in [0.717, 1.165) is 44.8 Å². The average Bonchev–Trinajstić information content (AvgIpc) is 3.25. The second-order valence-corrected chi connectivity index (χ2v) is 9.49.